The zero-order valence-corrected chi connectivity index (χ0v) is 6.71. The summed E-state index contributed by atoms with van der Waals surface area (Å²) < 4.78 is 41.3. The smallest absolute Gasteiger partial charge is 0.474 e. The lowest BCUT2D eigenvalue weighted by Gasteiger charge is -2.13. The summed E-state index contributed by atoms with van der Waals surface area (Å²) in [4.78, 5) is 9.94. The summed E-state index contributed by atoms with van der Waals surface area (Å²) in [6.45, 7) is 0. The number of rotatable bonds is 3. The summed E-state index contributed by atoms with van der Waals surface area (Å²) in [5, 5.41) is 8.00. The van der Waals surface area contributed by atoms with Crippen molar-refractivity contribution in [1.82, 2.24) is 0 Å². The number of carbonyl (C=O) groups is 1. The molecule has 0 aliphatic carbocycles. The van der Waals surface area contributed by atoms with Crippen molar-refractivity contribution in [1.29, 1.82) is 0 Å². The molecule has 0 aromatic heterocycles. The summed E-state index contributed by atoms with van der Waals surface area (Å²) in [5.74, 6) is -4.32. The molecule has 14 heavy (non-hydrogen) atoms. The fraction of sp³-hybridized carbons (Fsp3) is 0.125. The van der Waals surface area contributed by atoms with Crippen LogP contribution < -0.4 is 4.74 Å². The predicted molar refractivity (Wildman–Crippen MR) is 39.6 cm³/mol. The summed E-state index contributed by atoms with van der Waals surface area (Å²) in [6.07, 6.45) is -4.43. The van der Waals surface area contributed by atoms with Gasteiger partial charge in [0.25, 0.3) is 0 Å². The zero-order chi connectivity index (χ0) is 10.8. The second kappa shape index (κ2) is 3.57. The first kappa shape index (κ1) is 10.4. The highest BCUT2D eigenvalue weighted by Crippen LogP contribution is 2.24. The molecule has 0 heterocycles. The molecule has 1 aromatic carbocycles. The highest BCUT2D eigenvalue weighted by molar-refractivity contribution is 5.73. The van der Waals surface area contributed by atoms with E-state index in [0.29, 0.717) is 0 Å². The average molecular weight is 206 g/mol. The van der Waals surface area contributed by atoms with Crippen LogP contribution in [0.4, 0.5) is 13.2 Å². The molecular formula is C8H5F3O3. The van der Waals surface area contributed by atoms with Crippen LogP contribution in [-0.2, 0) is 4.79 Å². The van der Waals surface area contributed by atoms with Crippen LogP contribution in [0.15, 0.2) is 24.3 Å². The van der Waals surface area contributed by atoms with Gasteiger partial charge < -0.3 is 9.84 Å². The molecule has 76 valence electrons. The van der Waals surface area contributed by atoms with Crippen molar-refractivity contribution < 1.29 is 27.8 Å². The first-order valence-corrected chi connectivity index (χ1v) is 3.48. The molecule has 0 spiro atoms. The van der Waals surface area contributed by atoms with Gasteiger partial charge in [0.2, 0.25) is 0 Å². The van der Waals surface area contributed by atoms with Crippen LogP contribution in [0.2, 0.25) is 0 Å². The lowest BCUT2D eigenvalue weighted by molar-refractivity contribution is -0.211. The molecule has 1 rings (SSSR count). The number of carboxylic acids is 1. The summed E-state index contributed by atoms with van der Waals surface area (Å²) >= 11 is 0. The highest BCUT2D eigenvalue weighted by Gasteiger charge is 2.42. The molecule has 0 saturated carbocycles. The lowest BCUT2D eigenvalue weighted by atomic mass is 10.3. The topological polar surface area (TPSA) is 46.5 Å². The van der Waals surface area contributed by atoms with Gasteiger partial charge in [-0.15, -0.1) is 0 Å². The van der Waals surface area contributed by atoms with Crippen LogP contribution in [0.5, 0.6) is 5.75 Å². The van der Waals surface area contributed by atoms with E-state index in [4.69, 9.17) is 5.11 Å². The predicted octanol–water partition coefficient (Wildman–Crippen LogP) is 1.88. The molecule has 0 unspecified atom stereocenters. The number of alkyl halides is 2. The van der Waals surface area contributed by atoms with Crippen molar-refractivity contribution in [3.8, 4) is 5.75 Å². The molecule has 0 atom stereocenters. The summed E-state index contributed by atoms with van der Waals surface area (Å²) in [7, 11) is 0. The van der Waals surface area contributed by atoms with E-state index in [1.165, 1.54) is 12.1 Å². The van der Waals surface area contributed by atoms with E-state index in [-0.39, 0.29) is 0 Å². The molecule has 6 heteroatoms. The summed E-state index contributed by atoms with van der Waals surface area (Å²) in [6, 6.07) is 4.30. The van der Waals surface area contributed by atoms with Crippen LogP contribution in [0, 0.1) is 5.82 Å². The summed E-state index contributed by atoms with van der Waals surface area (Å²) in [5.41, 5.74) is 0. The van der Waals surface area contributed by atoms with Crippen molar-refractivity contribution >= 4 is 5.97 Å². The Morgan fingerprint density at radius 1 is 1.36 bits per heavy atom. The molecule has 0 aliphatic heterocycles. The first-order valence-electron chi connectivity index (χ1n) is 3.48. The number of halogens is 3. The minimum absolute atomic E-state index is 0.806. The van der Waals surface area contributed by atoms with Gasteiger partial charge in [0.05, 0.1) is 0 Å². The maximum atomic E-state index is 12.7. The van der Waals surface area contributed by atoms with Crippen molar-refractivity contribution in [2.24, 2.45) is 0 Å². The van der Waals surface area contributed by atoms with Gasteiger partial charge in [0.1, 0.15) is 0 Å². The Bertz CT molecular complexity index is 351. The van der Waals surface area contributed by atoms with E-state index in [2.05, 4.69) is 4.74 Å². The van der Waals surface area contributed by atoms with Crippen LogP contribution in [0.3, 0.4) is 0 Å². The molecular weight excluding hydrogens is 201 g/mol. The number of hydrogen-bond acceptors (Lipinski definition) is 2. The standard InChI is InChI=1S/C8H5F3O3/c9-5-3-1-2-4-6(5)14-8(10,11)7(12)13/h1-4H,(H,12,13). The van der Waals surface area contributed by atoms with Crippen LogP contribution in [0.25, 0.3) is 0 Å². The number of para-hydroxylation sites is 1. The van der Waals surface area contributed by atoms with Crippen LogP contribution in [-0.4, -0.2) is 17.2 Å². The van der Waals surface area contributed by atoms with Crippen molar-refractivity contribution in [3.05, 3.63) is 30.1 Å². The largest absolute Gasteiger partial charge is 0.502 e. The quantitative estimate of drug-likeness (QED) is 0.821. The Labute approximate surface area is 76.7 Å². The minimum atomic E-state index is -4.43. The van der Waals surface area contributed by atoms with Crippen molar-refractivity contribution in [2.75, 3.05) is 0 Å². The SMILES string of the molecule is O=C(O)C(F)(F)Oc1ccccc1F. The van der Waals surface area contributed by atoms with Gasteiger partial charge in [-0.25, -0.2) is 9.18 Å². The van der Waals surface area contributed by atoms with Gasteiger partial charge >= 0.3 is 12.1 Å². The third-order valence-corrected chi connectivity index (χ3v) is 1.32. The molecule has 3 nitrogen and oxygen atoms in total. The molecule has 0 aliphatic rings. The monoisotopic (exact) mass is 206 g/mol. The fourth-order valence-corrected chi connectivity index (χ4v) is 0.709. The van der Waals surface area contributed by atoms with E-state index in [1.54, 1.807) is 0 Å². The number of benzene rings is 1. The van der Waals surface area contributed by atoms with E-state index < -0.39 is 23.6 Å². The van der Waals surface area contributed by atoms with Crippen LogP contribution >= 0.6 is 0 Å². The molecule has 0 amide bonds. The van der Waals surface area contributed by atoms with Gasteiger partial charge in [-0.2, -0.15) is 8.78 Å². The number of carboxylic acid groups (broad SMARTS) is 1. The van der Waals surface area contributed by atoms with Crippen molar-refractivity contribution in [3.63, 3.8) is 0 Å². The molecule has 1 N–H and O–H groups in total. The first-order chi connectivity index (χ1) is 6.43. The molecule has 1 aromatic rings. The van der Waals surface area contributed by atoms with Gasteiger partial charge in [0, 0.05) is 0 Å². The Hall–Kier alpha value is -1.72. The second-order valence-electron chi connectivity index (χ2n) is 2.35. The normalized spacial score (nSPS) is 11.1. The maximum absolute atomic E-state index is 12.7. The number of hydrogen-bond donors (Lipinski definition) is 1. The Balaban J connectivity index is 2.89. The Morgan fingerprint density at radius 2 is 1.93 bits per heavy atom. The lowest BCUT2D eigenvalue weighted by Crippen LogP contribution is -2.35. The Morgan fingerprint density at radius 3 is 2.43 bits per heavy atom. The number of ether oxygens (including phenoxy) is 1. The fourth-order valence-electron chi connectivity index (χ4n) is 0.709. The van der Waals surface area contributed by atoms with Gasteiger partial charge in [-0.3, -0.25) is 0 Å². The highest BCUT2D eigenvalue weighted by atomic mass is 19.3. The molecule has 0 bridgehead atoms. The maximum Gasteiger partial charge on any atom is 0.502 e. The number of aliphatic carboxylic acids is 1. The van der Waals surface area contributed by atoms with Crippen LogP contribution in [0.1, 0.15) is 0 Å². The second-order valence-corrected chi connectivity index (χ2v) is 2.35. The third-order valence-electron chi connectivity index (χ3n) is 1.32. The third kappa shape index (κ3) is 2.15. The minimum Gasteiger partial charge on any atom is -0.474 e. The van der Waals surface area contributed by atoms with Crippen molar-refractivity contribution in [2.45, 2.75) is 6.11 Å². The Kier molecular flexibility index (Phi) is 2.64. The zero-order valence-electron chi connectivity index (χ0n) is 6.71. The van der Waals surface area contributed by atoms with Gasteiger partial charge in [0.15, 0.2) is 11.6 Å². The van der Waals surface area contributed by atoms with Gasteiger partial charge in [-0.05, 0) is 12.1 Å². The molecule has 0 radical (unpaired) electrons. The van der Waals surface area contributed by atoms with E-state index in [9.17, 15) is 18.0 Å². The van der Waals surface area contributed by atoms with E-state index in [0.717, 1.165) is 12.1 Å². The molecule has 0 saturated heterocycles. The van der Waals surface area contributed by atoms with Gasteiger partial charge in [-0.1, -0.05) is 12.1 Å². The van der Waals surface area contributed by atoms with E-state index in [1.807, 2.05) is 0 Å². The van der Waals surface area contributed by atoms with E-state index >= 15 is 0 Å². The molecule has 0 fully saturated rings. The average Bonchev–Trinajstić information content (AvgIpc) is 2.08.